The first-order chi connectivity index (χ1) is 11.4. The standard InChI is InChI=1S/C17H17ClFNO3S/c18-16-10-12(19)8-9-17(16)24(21,22)20-13-4-3-7-15(11-13)23-14-5-1-2-6-14/h3-4,7-11,14,20H,1-2,5-6H2. The number of anilines is 1. The van der Waals surface area contributed by atoms with Crippen LogP contribution in [0.15, 0.2) is 47.4 Å². The highest BCUT2D eigenvalue weighted by Crippen LogP contribution is 2.28. The van der Waals surface area contributed by atoms with Crippen LogP contribution in [0.4, 0.5) is 10.1 Å². The fraction of sp³-hybridized carbons (Fsp3) is 0.294. The highest BCUT2D eigenvalue weighted by Gasteiger charge is 2.20. The number of hydrogen-bond acceptors (Lipinski definition) is 3. The molecule has 1 aliphatic carbocycles. The lowest BCUT2D eigenvalue weighted by Gasteiger charge is -2.15. The van der Waals surface area contributed by atoms with E-state index in [0.29, 0.717) is 11.4 Å². The summed E-state index contributed by atoms with van der Waals surface area (Å²) in [5, 5.41) is -0.166. The van der Waals surface area contributed by atoms with Gasteiger partial charge >= 0.3 is 0 Å². The summed E-state index contributed by atoms with van der Waals surface area (Å²) in [5.41, 5.74) is 0.367. The molecule has 0 amide bonds. The van der Waals surface area contributed by atoms with Gasteiger partial charge in [-0.25, -0.2) is 12.8 Å². The molecule has 0 spiro atoms. The monoisotopic (exact) mass is 369 g/mol. The van der Waals surface area contributed by atoms with Crippen LogP contribution in [0.2, 0.25) is 5.02 Å². The fourth-order valence-corrected chi connectivity index (χ4v) is 4.32. The van der Waals surface area contributed by atoms with Crippen LogP contribution in [-0.4, -0.2) is 14.5 Å². The minimum absolute atomic E-state index is 0.166. The maximum atomic E-state index is 13.1. The average Bonchev–Trinajstić information content (AvgIpc) is 2.99. The van der Waals surface area contributed by atoms with Crippen molar-refractivity contribution in [1.82, 2.24) is 0 Å². The first-order valence-electron chi connectivity index (χ1n) is 7.69. The molecule has 24 heavy (non-hydrogen) atoms. The molecular weight excluding hydrogens is 353 g/mol. The van der Waals surface area contributed by atoms with E-state index in [1.54, 1.807) is 24.3 Å². The van der Waals surface area contributed by atoms with Crippen LogP contribution in [0.5, 0.6) is 5.75 Å². The van der Waals surface area contributed by atoms with Gasteiger partial charge in [0.2, 0.25) is 0 Å². The van der Waals surface area contributed by atoms with Gasteiger partial charge in [-0.05, 0) is 56.0 Å². The molecule has 4 nitrogen and oxygen atoms in total. The van der Waals surface area contributed by atoms with Crippen molar-refractivity contribution in [2.45, 2.75) is 36.7 Å². The molecule has 0 unspecified atom stereocenters. The number of halogens is 2. The number of sulfonamides is 1. The van der Waals surface area contributed by atoms with Crippen LogP contribution < -0.4 is 9.46 Å². The molecule has 2 aromatic carbocycles. The van der Waals surface area contributed by atoms with Crippen molar-refractivity contribution >= 4 is 27.3 Å². The molecule has 0 aromatic heterocycles. The Morgan fingerprint density at radius 3 is 2.58 bits per heavy atom. The molecule has 3 rings (SSSR count). The van der Waals surface area contributed by atoms with Gasteiger partial charge in [0, 0.05) is 6.07 Å². The molecule has 0 bridgehead atoms. The first-order valence-corrected chi connectivity index (χ1v) is 9.55. The van der Waals surface area contributed by atoms with Crippen molar-refractivity contribution in [3.8, 4) is 5.75 Å². The normalized spacial score (nSPS) is 15.4. The Hall–Kier alpha value is -1.79. The van der Waals surface area contributed by atoms with E-state index in [1.807, 2.05) is 0 Å². The average molecular weight is 370 g/mol. The van der Waals surface area contributed by atoms with Crippen LogP contribution in [-0.2, 0) is 10.0 Å². The van der Waals surface area contributed by atoms with Crippen molar-refractivity contribution in [2.24, 2.45) is 0 Å². The Morgan fingerprint density at radius 2 is 1.88 bits per heavy atom. The van der Waals surface area contributed by atoms with Gasteiger partial charge in [0.25, 0.3) is 10.0 Å². The highest BCUT2D eigenvalue weighted by molar-refractivity contribution is 7.92. The third-order valence-corrected chi connectivity index (χ3v) is 5.74. The summed E-state index contributed by atoms with van der Waals surface area (Å²) >= 11 is 5.84. The second-order valence-electron chi connectivity index (χ2n) is 5.73. The van der Waals surface area contributed by atoms with Crippen molar-refractivity contribution in [3.63, 3.8) is 0 Å². The van der Waals surface area contributed by atoms with Gasteiger partial charge in [-0.1, -0.05) is 17.7 Å². The number of benzene rings is 2. The Morgan fingerprint density at radius 1 is 1.12 bits per heavy atom. The van der Waals surface area contributed by atoms with Crippen LogP contribution in [0.1, 0.15) is 25.7 Å². The molecule has 0 aliphatic heterocycles. The van der Waals surface area contributed by atoms with E-state index in [-0.39, 0.29) is 16.0 Å². The van der Waals surface area contributed by atoms with E-state index < -0.39 is 15.8 Å². The van der Waals surface area contributed by atoms with E-state index in [9.17, 15) is 12.8 Å². The van der Waals surface area contributed by atoms with Crippen molar-refractivity contribution in [3.05, 3.63) is 53.3 Å². The molecule has 1 aliphatic rings. The Labute approximate surface area is 145 Å². The zero-order valence-corrected chi connectivity index (χ0v) is 14.4. The number of rotatable bonds is 5. The van der Waals surface area contributed by atoms with Gasteiger partial charge < -0.3 is 4.74 Å². The van der Waals surface area contributed by atoms with Crippen LogP contribution in [0, 0.1) is 5.82 Å². The summed E-state index contributed by atoms with van der Waals surface area (Å²) in [4.78, 5) is -0.173. The number of hydrogen-bond donors (Lipinski definition) is 1. The van der Waals surface area contributed by atoms with E-state index in [1.165, 1.54) is 0 Å². The summed E-state index contributed by atoms with van der Waals surface area (Å²) in [6.45, 7) is 0. The van der Waals surface area contributed by atoms with Gasteiger partial charge in [-0.15, -0.1) is 0 Å². The predicted molar refractivity (Wildman–Crippen MR) is 91.5 cm³/mol. The van der Waals surface area contributed by atoms with Crippen molar-refractivity contribution < 1.29 is 17.5 Å². The van der Waals surface area contributed by atoms with E-state index in [2.05, 4.69) is 4.72 Å². The molecule has 1 fully saturated rings. The highest BCUT2D eigenvalue weighted by atomic mass is 35.5. The lowest BCUT2D eigenvalue weighted by molar-refractivity contribution is 0.210. The van der Waals surface area contributed by atoms with Gasteiger partial charge in [-0.3, -0.25) is 4.72 Å². The second-order valence-corrected chi connectivity index (χ2v) is 7.79. The first kappa shape index (κ1) is 17.0. The SMILES string of the molecule is O=S(=O)(Nc1cccc(OC2CCCC2)c1)c1ccc(F)cc1Cl. The zero-order valence-electron chi connectivity index (χ0n) is 12.8. The molecule has 0 heterocycles. The van der Waals surface area contributed by atoms with Gasteiger partial charge in [-0.2, -0.15) is 0 Å². The Balaban J connectivity index is 1.79. The van der Waals surface area contributed by atoms with Crippen LogP contribution >= 0.6 is 11.6 Å². The fourth-order valence-electron chi connectivity index (χ4n) is 2.73. The smallest absolute Gasteiger partial charge is 0.263 e. The lowest BCUT2D eigenvalue weighted by Crippen LogP contribution is -2.14. The molecule has 7 heteroatoms. The summed E-state index contributed by atoms with van der Waals surface area (Å²) in [6.07, 6.45) is 4.52. The Kier molecular flexibility index (Phi) is 4.96. The molecule has 0 saturated heterocycles. The van der Waals surface area contributed by atoms with E-state index >= 15 is 0 Å². The summed E-state index contributed by atoms with van der Waals surface area (Å²) < 4.78 is 46.3. The van der Waals surface area contributed by atoms with Crippen LogP contribution in [0.25, 0.3) is 0 Å². The minimum Gasteiger partial charge on any atom is -0.490 e. The largest absolute Gasteiger partial charge is 0.490 e. The molecule has 0 radical (unpaired) electrons. The summed E-state index contributed by atoms with van der Waals surface area (Å²) in [6, 6.07) is 9.92. The molecule has 128 valence electrons. The molecule has 1 N–H and O–H groups in total. The third-order valence-electron chi connectivity index (χ3n) is 3.87. The maximum Gasteiger partial charge on any atom is 0.263 e. The summed E-state index contributed by atoms with van der Waals surface area (Å²) in [5.74, 6) is 0.0261. The van der Waals surface area contributed by atoms with Gasteiger partial charge in [0.1, 0.15) is 16.5 Å². The minimum atomic E-state index is -3.91. The number of nitrogens with one attached hydrogen (secondary N) is 1. The van der Waals surface area contributed by atoms with E-state index in [4.69, 9.17) is 16.3 Å². The molecule has 0 atom stereocenters. The van der Waals surface area contributed by atoms with Crippen LogP contribution in [0.3, 0.4) is 0 Å². The molecular formula is C17H17ClFNO3S. The number of ether oxygens (including phenoxy) is 1. The van der Waals surface area contributed by atoms with Crippen molar-refractivity contribution in [2.75, 3.05) is 4.72 Å². The zero-order chi connectivity index (χ0) is 17.2. The summed E-state index contributed by atoms with van der Waals surface area (Å²) in [7, 11) is -3.91. The van der Waals surface area contributed by atoms with E-state index in [0.717, 1.165) is 43.9 Å². The maximum absolute atomic E-state index is 13.1. The predicted octanol–water partition coefficient (Wildman–Crippen LogP) is 4.60. The Bertz CT molecular complexity index is 835. The topological polar surface area (TPSA) is 55.4 Å². The quantitative estimate of drug-likeness (QED) is 0.837. The molecule has 2 aromatic rings. The van der Waals surface area contributed by atoms with Crippen molar-refractivity contribution in [1.29, 1.82) is 0 Å². The van der Waals surface area contributed by atoms with Gasteiger partial charge in [0.15, 0.2) is 0 Å². The lowest BCUT2D eigenvalue weighted by atomic mass is 10.3. The molecule has 1 saturated carbocycles. The second kappa shape index (κ2) is 6.99. The third kappa shape index (κ3) is 3.99. The van der Waals surface area contributed by atoms with Gasteiger partial charge in [0.05, 0.1) is 16.8 Å².